The third kappa shape index (κ3) is 2.94. The summed E-state index contributed by atoms with van der Waals surface area (Å²) in [7, 11) is 0. The van der Waals surface area contributed by atoms with Crippen molar-refractivity contribution in [3.63, 3.8) is 0 Å². The first-order valence-electron chi connectivity index (χ1n) is 10.7. The average Bonchev–Trinajstić information content (AvgIpc) is 3.36. The van der Waals surface area contributed by atoms with Gasteiger partial charge in [0, 0.05) is 30.3 Å². The Balaban J connectivity index is 1.51. The Morgan fingerprint density at radius 2 is 1.72 bits per heavy atom. The van der Waals surface area contributed by atoms with Gasteiger partial charge in [0.25, 0.3) is 0 Å². The number of anilines is 1. The Bertz CT molecular complexity index is 1120. The van der Waals surface area contributed by atoms with E-state index in [9.17, 15) is 24.3 Å². The van der Waals surface area contributed by atoms with Gasteiger partial charge in [-0.1, -0.05) is 48.5 Å². The van der Waals surface area contributed by atoms with Gasteiger partial charge in [-0.15, -0.1) is 0 Å². The van der Waals surface area contributed by atoms with Crippen molar-refractivity contribution in [3.8, 4) is 0 Å². The predicted molar refractivity (Wildman–Crippen MR) is 114 cm³/mol. The van der Waals surface area contributed by atoms with E-state index in [4.69, 9.17) is 0 Å². The predicted octanol–water partition coefficient (Wildman–Crippen LogP) is 1.51. The molecule has 0 aromatic heterocycles. The number of carbonyl (C=O) groups excluding carboxylic acids is 3. The number of nitrogens with zero attached hydrogens (tertiary/aromatic N) is 1. The van der Waals surface area contributed by atoms with Crippen LogP contribution in [0.15, 0.2) is 54.6 Å². The van der Waals surface area contributed by atoms with E-state index in [0.717, 1.165) is 5.56 Å². The van der Waals surface area contributed by atoms with Crippen LogP contribution in [0.1, 0.15) is 24.0 Å². The molecule has 0 saturated carbocycles. The number of likely N-dealkylation sites (tertiary alicyclic amines) is 1. The molecule has 0 radical (unpaired) electrons. The van der Waals surface area contributed by atoms with Crippen molar-refractivity contribution in [1.29, 1.82) is 0 Å². The van der Waals surface area contributed by atoms with E-state index in [1.54, 1.807) is 24.3 Å². The average molecular weight is 433 g/mol. The van der Waals surface area contributed by atoms with E-state index in [-0.39, 0.29) is 37.1 Å². The highest BCUT2D eigenvalue weighted by molar-refractivity contribution is 6.15. The van der Waals surface area contributed by atoms with Crippen LogP contribution in [-0.4, -0.2) is 46.3 Å². The van der Waals surface area contributed by atoms with Crippen LogP contribution in [-0.2, 0) is 31.1 Å². The van der Waals surface area contributed by atoms with E-state index in [1.807, 2.05) is 30.3 Å². The number of carboxylic acids is 1. The second kappa shape index (κ2) is 7.56. The number of rotatable bonds is 6. The molecule has 3 heterocycles. The van der Waals surface area contributed by atoms with Gasteiger partial charge in [0.05, 0.1) is 11.8 Å². The third-order valence-electron chi connectivity index (χ3n) is 6.85. The largest absolute Gasteiger partial charge is 0.481 e. The number of carboxylic acid groups (broad SMARTS) is 1. The Hall–Kier alpha value is -3.52. The molecule has 8 nitrogen and oxygen atoms in total. The van der Waals surface area contributed by atoms with Crippen LogP contribution >= 0.6 is 0 Å². The van der Waals surface area contributed by atoms with Crippen molar-refractivity contribution >= 4 is 29.4 Å². The lowest BCUT2D eigenvalue weighted by molar-refractivity contribution is -0.143. The lowest BCUT2D eigenvalue weighted by Gasteiger charge is -2.29. The highest BCUT2D eigenvalue weighted by Gasteiger charge is 2.70. The molecule has 32 heavy (non-hydrogen) atoms. The number of fused-ring (bicyclic) bond motifs is 4. The normalized spacial score (nSPS) is 28.2. The van der Waals surface area contributed by atoms with Gasteiger partial charge in [-0.2, -0.15) is 0 Å². The van der Waals surface area contributed by atoms with Crippen molar-refractivity contribution < 1.29 is 24.3 Å². The summed E-state index contributed by atoms with van der Waals surface area (Å²) in [5.74, 6) is -3.78. The van der Waals surface area contributed by atoms with Gasteiger partial charge in [-0.05, 0) is 24.5 Å². The fourth-order valence-electron chi connectivity index (χ4n) is 5.45. The highest BCUT2D eigenvalue weighted by atomic mass is 16.4. The summed E-state index contributed by atoms with van der Waals surface area (Å²) in [6, 6.07) is 16.1. The van der Waals surface area contributed by atoms with Gasteiger partial charge in [-0.25, -0.2) is 0 Å². The SMILES string of the molecule is O=C(O)CCC1NC2(C(=O)Nc3ccccc32)C2C(=O)N(CCc3ccccc3)C(=O)C12. The van der Waals surface area contributed by atoms with Crippen molar-refractivity contribution in [1.82, 2.24) is 10.2 Å². The number of aliphatic carboxylic acids is 1. The van der Waals surface area contributed by atoms with E-state index in [2.05, 4.69) is 10.6 Å². The number of carbonyl (C=O) groups is 4. The van der Waals surface area contributed by atoms with Gasteiger partial charge in [0.2, 0.25) is 17.7 Å². The Kier molecular flexibility index (Phi) is 4.82. The summed E-state index contributed by atoms with van der Waals surface area (Å²) in [5, 5.41) is 15.3. The number of amides is 3. The molecule has 3 amide bonds. The molecule has 1 spiro atoms. The number of para-hydroxylation sites is 1. The van der Waals surface area contributed by atoms with E-state index in [1.165, 1.54) is 4.90 Å². The second-order valence-corrected chi connectivity index (χ2v) is 8.56. The summed E-state index contributed by atoms with van der Waals surface area (Å²) >= 11 is 0. The second-order valence-electron chi connectivity index (χ2n) is 8.56. The minimum Gasteiger partial charge on any atom is -0.481 e. The summed E-state index contributed by atoms with van der Waals surface area (Å²) in [4.78, 5) is 52.7. The monoisotopic (exact) mass is 433 g/mol. The summed E-state index contributed by atoms with van der Waals surface area (Å²) in [5.41, 5.74) is 0.859. The van der Waals surface area contributed by atoms with Crippen LogP contribution in [0.2, 0.25) is 0 Å². The van der Waals surface area contributed by atoms with Gasteiger partial charge in [0.1, 0.15) is 5.54 Å². The zero-order valence-corrected chi connectivity index (χ0v) is 17.3. The van der Waals surface area contributed by atoms with Gasteiger partial charge in [0.15, 0.2) is 0 Å². The lowest BCUT2D eigenvalue weighted by atomic mass is 9.76. The molecule has 3 N–H and O–H groups in total. The summed E-state index contributed by atoms with van der Waals surface area (Å²) < 4.78 is 0. The van der Waals surface area contributed by atoms with E-state index in [0.29, 0.717) is 17.7 Å². The maximum Gasteiger partial charge on any atom is 0.303 e. The highest BCUT2D eigenvalue weighted by Crippen LogP contribution is 2.53. The molecule has 2 fully saturated rings. The number of imide groups is 1. The van der Waals surface area contributed by atoms with Crippen LogP contribution in [0, 0.1) is 11.8 Å². The Labute approximate surface area is 184 Å². The first-order valence-corrected chi connectivity index (χ1v) is 10.7. The first kappa shape index (κ1) is 20.4. The Morgan fingerprint density at radius 3 is 2.47 bits per heavy atom. The van der Waals surface area contributed by atoms with Crippen molar-refractivity contribution in [2.24, 2.45) is 11.8 Å². The molecule has 0 bridgehead atoms. The molecule has 2 aromatic carbocycles. The third-order valence-corrected chi connectivity index (χ3v) is 6.85. The summed E-state index contributed by atoms with van der Waals surface area (Å²) in [6.45, 7) is 0.222. The minimum absolute atomic E-state index is 0.152. The van der Waals surface area contributed by atoms with Gasteiger partial charge in [-0.3, -0.25) is 29.4 Å². The molecule has 2 aromatic rings. The van der Waals surface area contributed by atoms with Crippen LogP contribution in [0.3, 0.4) is 0 Å². The standard InChI is InChI=1S/C24H23N3O5/c28-18(29)11-10-17-19-20(24(26-17)15-8-4-5-9-16(15)25-23(24)32)22(31)27(21(19)30)13-12-14-6-2-1-3-7-14/h1-9,17,19-20,26H,10-13H2,(H,25,32)(H,28,29). The topological polar surface area (TPSA) is 116 Å². The molecule has 5 rings (SSSR count). The fraction of sp³-hybridized carbons (Fsp3) is 0.333. The zero-order chi connectivity index (χ0) is 22.5. The number of hydrogen-bond acceptors (Lipinski definition) is 5. The molecule has 4 unspecified atom stereocenters. The lowest BCUT2D eigenvalue weighted by Crippen LogP contribution is -2.53. The van der Waals surface area contributed by atoms with Crippen molar-refractivity contribution in [3.05, 3.63) is 65.7 Å². The van der Waals surface area contributed by atoms with Gasteiger partial charge >= 0.3 is 5.97 Å². The molecular weight excluding hydrogens is 410 g/mol. The summed E-state index contributed by atoms with van der Waals surface area (Å²) in [6.07, 6.45) is 0.506. The molecule has 2 saturated heterocycles. The molecular formula is C24H23N3O5. The quantitative estimate of drug-likeness (QED) is 0.595. The smallest absolute Gasteiger partial charge is 0.303 e. The molecule has 8 heteroatoms. The van der Waals surface area contributed by atoms with E-state index >= 15 is 0 Å². The first-order chi connectivity index (χ1) is 15.4. The number of benzene rings is 2. The fourth-order valence-corrected chi connectivity index (χ4v) is 5.45. The molecule has 4 atom stereocenters. The zero-order valence-electron chi connectivity index (χ0n) is 17.3. The van der Waals surface area contributed by atoms with Crippen LogP contribution in [0.5, 0.6) is 0 Å². The van der Waals surface area contributed by atoms with Crippen LogP contribution < -0.4 is 10.6 Å². The van der Waals surface area contributed by atoms with Crippen LogP contribution in [0.25, 0.3) is 0 Å². The van der Waals surface area contributed by atoms with Crippen LogP contribution in [0.4, 0.5) is 5.69 Å². The minimum atomic E-state index is -1.38. The van der Waals surface area contributed by atoms with E-state index < -0.39 is 29.4 Å². The number of hydrogen-bond donors (Lipinski definition) is 3. The maximum absolute atomic E-state index is 13.6. The number of nitrogens with one attached hydrogen (secondary N) is 2. The van der Waals surface area contributed by atoms with Crippen molar-refractivity contribution in [2.75, 3.05) is 11.9 Å². The molecule has 3 aliphatic rings. The molecule has 3 aliphatic heterocycles. The Morgan fingerprint density at radius 1 is 1.00 bits per heavy atom. The van der Waals surface area contributed by atoms with Gasteiger partial charge < -0.3 is 10.4 Å². The maximum atomic E-state index is 13.6. The van der Waals surface area contributed by atoms with Crippen molar-refractivity contribution in [2.45, 2.75) is 30.8 Å². The molecule has 0 aliphatic carbocycles. The molecule has 164 valence electrons.